The third-order valence-electron chi connectivity index (χ3n) is 12.3. The molecule has 0 aromatic rings. The lowest BCUT2D eigenvalue weighted by Crippen LogP contribution is -2.30. The molecule has 6 heteroatoms. The van der Waals surface area contributed by atoms with Gasteiger partial charge in [-0.3, -0.25) is 14.4 Å². The molecule has 0 saturated heterocycles. The van der Waals surface area contributed by atoms with Gasteiger partial charge < -0.3 is 14.2 Å². The van der Waals surface area contributed by atoms with E-state index in [2.05, 4.69) is 118 Å². The number of esters is 3. The summed E-state index contributed by atoms with van der Waals surface area (Å²) >= 11 is 0. The first-order valence-electron chi connectivity index (χ1n) is 29.2. The van der Waals surface area contributed by atoms with Crippen LogP contribution in [0.15, 0.2) is 97.2 Å². The molecule has 400 valence electrons. The van der Waals surface area contributed by atoms with Crippen molar-refractivity contribution in [2.24, 2.45) is 0 Å². The zero-order chi connectivity index (χ0) is 50.7. The van der Waals surface area contributed by atoms with Crippen LogP contribution in [-0.4, -0.2) is 37.2 Å². The van der Waals surface area contributed by atoms with E-state index in [1.165, 1.54) is 109 Å². The normalized spacial score (nSPS) is 12.8. The summed E-state index contributed by atoms with van der Waals surface area (Å²) in [5.74, 6) is -0.911. The summed E-state index contributed by atoms with van der Waals surface area (Å²) in [6.07, 6.45) is 77.1. The van der Waals surface area contributed by atoms with E-state index in [-0.39, 0.29) is 31.1 Å². The van der Waals surface area contributed by atoms with Crippen molar-refractivity contribution in [3.05, 3.63) is 97.2 Å². The SMILES string of the molecule is CC/C=C\C/C=C\C/C=C\C/C=C\CCCCCCCCCCCCCCCCC(=O)OCC(COC(=O)CCCCCCCCCC)OC(=O)CCCCCC/C=C\C/C=C\C/C=C\C/C=C\CC. The Morgan fingerprint density at radius 2 is 0.557 bits per heavy atom. The van der Waals surface area contributed by atoms with Gasteiger partial charge in [-0.1, -0.05) is 253 Å². The Bertz CT molecular complexity index is 1400. The van der Waals surface area contributed by atoms with Gasteiger partial charge in [-0.05, 0) is 96.3 Å². The summed E-state index contributed by atoms with van der Waals surface area (Å²) in [6, 6.07) is 0. The van der Waals surface area contributed by atoms with E-state index >= 15 is 0 Å². The average molecular weight is 974 g/mol. The van der Waals surface area contributed by atoms with Gasteiger partial charge in [0, 0.05) is 19.3 Å². The van der Waals surface area contributed by atoms with Crippen molar-refractivity contribution in [3.63, 3.8) is 0 Å². The number of unbranched alkanes of at least 4 members (excludes halogenated alkanes) is 25. The predicted molar refractivity (Wildman–Crippen MR) is 302 cm³/mol. The lowest BCUT2D eigenvalue weighted by molar-refractivity contribution is -0.167. The Balaban J connectivity index is 4.19. The van der Waals surface area contributed by atoms with Gasteiger partial charge in [0.15, 0.2) is 6.10 Å². The van der Waals surface area contributed by atoms with E-state index in [0.29, 0.717) is 19.3 Å². The van der Waals surface area contributed by atoms with Gasteiger partial charge in [-0.2, -0.15) is 0 Å². The average Bonchev–Trinajstić information content (AvgIpc) is 3.36. The van der Waals surface area contributed by atoms with Gasteiger partial charge in [0.25, 0.3) is 0 Å². The van der Waals surface area contributed by atoms with Gasteiger partial charge in [-0.25, -0.2) is 0 Å². The van der Waals surface area contributed by atoms with Crippen LogP contribution in [0.1, 0.15) is 271 Å². The number of carbonyl (C=O) groups is 3. The third kappa shape index (κ3) is 55.3. The maximum absolute atomic E-state index is 12.8. The minimum absolute atomic E-state index is 0.0858. The zero-order valence-corrected chi connectivity index (χ0v) is 45.8. The minimum Gasteiger partial charge on any atom is -0.462 e. The fourth-order valence-corrected chi connectivity index (χ4v) is 8.01. The van der Waals surface area contributed by atoms with Crippen molar-refractivity contribution in [2.75, 3.05) is 13.2 Å². The van der Waals surface area contributed by atoms with Crippen molar-refractivity contribution in [1.82, 2.24) is 0 Å². The summed E-state index contributed by atoms with van der Waals surface area (Å²) in [6.45, 7) is 6.37. The number of allylic oxidation sites excluding steroid dienone is 16. The van der Waals surface area contributed by atoms with E-state index < -0.39 is 6.10 Å². The van der Waals surface area contributed by atoms with Crippen molar-refractivity contribution in [1.29, 1.82) is 0 Å². The zero-order valence-electron chi connectivity index (χ0n) is 45.8. The van der Waals surface area contributed by atoms with Gasteiger partial charge >= 0.3 is 17.9 Å². The summed E-state index contributed by atoms with van der Waals surface area (Å²) in [5, 5.41) is 0. The molecule has 0 spiro atoms. The Kier molecular flexibility index (Phi) is 54.9. The van der Waals surface area contributed by atoms with Crippen molar-refractivity contribution >= 4 is 17.9 Å². The van der Waals surface area contributed by atoms with Crippen LogP contribution in [-0.2, 0) is 28.6 Å². The number of ether oxygens (including phenoxy) is 3. The van der Waals surface area contributed by atoms with Crippen molar-refractivity contribution < 1.29 is 28.6 Å². The van der Waals surface area contributed by atoms with Gasteiger partial charge in [0.1, 0.15) is 13.2 Å². The second-order valence-electron chi connectivity index (χ2n) is 19.1. The van der Waals surface area contributed by atoms with Crippen LogP contribution in [0.5, 0.6) is 0 Å². The fourth-order valence-electron chi connectivity index (χ4n) is 8.01. The number of rotatable bonds is 52. The van der Waals surface area contributed by atoms with Crippen molar-refractivity contribution in [2.45, 2.75) is 277 Å². The highest BCUT2D eigenvalue weighted by molar-refractivity contribution is 5.71. The Morgan fingerprint density at radius 3 is 0.871 bits per heavy atom. The smallest absolute Gasteiger partial charge is 0.306 e. The molecule has 0 rings (SSSR count). The maximum atomic E-state index is 12.8. The van der Waals surface area contributed by atoms with Crippen LogP contribution in [0.3, 0.4) is 0 Å². The molecule has 0 N–H and O–H groups in total. The quantitative estimate of drug-likeness (QED) is 0.0262. The summed E-state index contributed by atoms with van der Waals surface area (Å²) in [7, 11) is 0. The van der Waals surface area contributed by atoms with Crippen LogP contribution in [0.2, 0.25) is 0 Å². The molecule has 0 amide bonds. The molecule has 0 bridgehead atoms. The number of hydrogen-bond acceptors (Lipinski definition) is 6. The fraction of sp³-hybridized carbons (Fsp3) is 0.703. The minimum atomic E-state index is -0.788. The highest BCUT2D eigenvalue weighted by Crippen LogP contribution is 2.16. The topological polar surface area (TPSA) is 78.9 Å². The first-order valence-corrected chi connectivity index (χ1v) is 29.2. The second-order valence-corrected chi connectivity index (χ2v) is 19.1. The summed E-state index contributed by atoms with van der Waals surface area (Å²) in [5.41, 5.74) is 0. The molecule has 0 aromatic heterocycles. The van der Waals surface area contributed by atoms with E-state index in [9.17, 15) is 14.4 Å². The molecule has 0 aromatic carbocycles. The lowest BCUT2D eigenvalue weighted by atomic mass is 10.0. The highest BCUT2D eigenvalue weighted by Gasteiger charge is 2.19. The Morgan fingerprint density at radius 1 is 0.300 bits per heavy atom. The molecule has 0 aliphatic carbocycles. The van der Waals surface area contributed by atoms with Crippen LogP contribution in [0.4, 0.5) is 0 Å². The predicted octanol–water partition coefficient (Wildman–Crippen LogP) is 19.7. The molecule has 1 unspecified atom stereocenters. The number of hydrogen-bond donors (Lipinski definition) is 0. The molecule has 0 fully saturated rings. The maximum Gasteiger partial charge on any atom is 0.306 e. The van der Waals surface area contributed by atoms with Crippen LogP contribution >= 0.6 is 0 Å². The molecule has 0 aliphatic rings. The Hall–Kier alpha value is -3.67. The summed E-state index contributed by atoms with van der Waals surface area (Å²) < 4.78 is 16.8. The first kappa shape index (κ1) is 66.3. The first-order chi connectivity index (χ1) is 34.5. The van der Waals surface area contributed by atoms with Crippen LogP contribution in [0, 0.1) is 0 Å². The number of carbonyl (C=O) groups excluding carboxylic acids is 3. The standard InChI is InChI=1S/C64H108O6/c1-4-7-10-13-16-19-21-23-25-27-28-29-30-31-32-33-34-35-36-38-39-41-43-45-48-51-54-57-63(66)69-60-61(59-68-62(65)56-53-50-47-18-15-12-9-6-3)70-64(67)58-55-52-49-46-44-42-40-37-26-24-22-20-17-14-11-8-5-2/h7-8,10-11,16-17,19-20,23-26,28-29,40,42,61H,4-6,9,12-15,18,21-22,27,30-39,41,43-60H2,1-3H3/b10-7-,11-8-,19-16-,20-17-,25-23-,26-24-,29-28-,42-40-. The van der Waals surface area contributed by atoms with E-state index in [1.54, 1.807) is 0 Å². The largest absolute Gasteiger partial charge is 0.462 e. The highest BCUT2D eigenvalue weighted by atomic mass is 16.6. The molecular weight excluding hydrogens is 865 g/mol. The van der Waals surface area contributed by atoms with Gasteiger partial charge in [-0.15, -0.1) is 0 Å². The monoisotopic (exact) mass is 973 g/mol. The molecule has 0 saturated carbocycles. The molecule has 1 atom stereocenters. The Labute approximate surface area is 432 Å². The molecule has 0 aliphatic heterocycles. The van der Waals surface area contributed by atoms with E-state index in [1.807, 2.05) is 0 Å². The molecule has 0 radical (unpaired) electrons. The second kappa shape index (κ2) is 57.9. The lowest BCUT2D eigenvalue weighted by Gasteiger charge is -2.18. The molecule has 6 nitrogen and oxygen atoms in total. The molecule has 0 heterocycles. The van der Waals surface area contributed by atoms with Gasteiger partial charge in [0.05, 0.1) is 0 Å². The molecular formula is C64H108O6. The van der Waals surface area contributed by atoms with Gasteiger partial charge in [0.2, 0.25) is 0 Å². The summed E-state index contributed by atoms with van der Waals surface area (Å²) in [4.78, 5) is 38.0. The van der Waals surface area contributed by atoms with E-state index in [0.717, 1.165) is 122 Å². The van der Waals surface area contributed by atoms with Crippen LogP contribution < -0.4 is 0 Å². The van der Waals surface area contributed by atoms with E-state index in [4.69, 9.17) is 14.2 Å². The van der Waals surface area contributed by atoms with Crippen molar-refractivity contribution in [3.8, 4) is 0 Å². The molecule has 70 heavy (non-hydrogen) atoms. The van der Waals surface area contributed by atoms with Crippen LogP contribution in [0.25, 0.3) is 0 Å². The third-order valence-corrected chi connectivity index (χ3v) is 12.3.